The molecule has 27 heavy (non-hydrogen) atoms. The summed E-state index contributed by atoms with van der Waals surface area (Å²) in [6, 6.07) is 11.9. The smallest absolute Gasteiger partial charge is 0.224 e. The van der Waals surface area contributed by atoms with Gasteiger partial charge in [-0.3, -0.25) is 9.78 Å². The van der Waals surface area contributed by atoms with Gasteiger partial charge in [-0.15, -0.1) is 0 Å². The zero-order valence-electron chi connectivity index (χ0n) is 14.7. The lowest BCUT2D eigenvalue weighted by molar-refractivity contribution is -0.124. The van der Waals surface area contributed by atoms with E-state index in [-0.39, 0.29) is 24.2 Å². The molecule has 1 aliphatic rings. The number of amides is 1. The fourth-order valence-electron chi connectivity index (χ4n) is 3.24. The summed E-state index contributed by atoms with van der Waals surface area (Å²) in [7, 11) is 0. The van der Waals surface area contributed by atoms with Gasteiger partial charge in [0.15, 0.2) is 0 Å². The van der Waals surface area contributed by atoms with Gasteiger partial charge in [0.05, 0.1) is 29.5 Å². The van der Waals surface area contributed by atoms with Crippen molar-refractivity contribution >= 4 is 5.91 Å². The number of imidazole rings is 1. The number of halogens is 1. The summed E-state index contributed by atoms with van der Waals surface area (Å²) in [6.07, 6.45) is 2.54. The van der Waals surface area contributed by atoms with Gasteiger partial charge in [0.1, 0.15) is 11.6 Å². The maximum absolute atomic E-state index is 13.7. The molecule has 0 bridgehead atoms. The maximum atomic E-state index is 13.7. The van der Waals surface area contributed by atoms with Crippen LogP contribution >= 0.6 is 0 Å². The topological polar surface area (TPSA) is 82.7 Å². The molecule has 3 aromatic rings. The van der Waals surface area contributed by atoms with Gasteiger partial charge in [0.25, 0.3) is 0 Å². The van der Waals surface area contributed by atoms with Crippen LogP contribution in [0.25, 0.3) is 22.6 Å². The molecule has 0 saturated carbocycles. The number of benzene rings is 1. The first kappa shape index (κ1) is 17.4. The molecule has 3 N–H and O–H groups in total. The van der Waals surface area contributed by atoms with Crippen LogP contribution in [0.3, 0.4) is 0 Å². The lowest BCUT2D eigenvalue weighted by Crippen LogP contribution is -2.31. The standard InChI is InChI=1S/C20H20FN5O/c21-15-5-3-4-13(10-15)18-19(16-6-1-2-8-23-16)26-17(25-18)12-24-20(27)14-7-9-22-11-14/h1-6,8,10,14,22H,7,9,11-12H2,(H,24,27)(H,25,26)/t14-/m0/s1. The molecule has 0 unspecified atom stereocenters. The first-order chi connectivity index (χ1) is 13.2. The van der Waals surface area contributed by atoms with Gasteiger partial charge in [-0.2, -0.15) is 0 Å². The summed E-state index contributed by atoms with van der Waals surface area (Å²) < 4.78 is 13.7. The minimum Gasteiger partial charge on any atom is -0.349 e. The van der Waals surface area contributed by atoms with Crippen molar-refractivity contribution in [3.8, 4) is 22.6 Å². The van der Waals surface area contributed by atoms with Crippen molar-refractivity contribution in [1.82, 2.24) is 25.6 Å². The normalized spacial score (nSPS) is 16.4. The monoisotopic (exact) mass is 365 g/mol. The van der Waals surface area contributed by atoms with E-state index < -0.39 is 0 Å². The van der Waals surface area contributed by atoms with Gasteiger partial charge >= 0.3 is 0 Å². The maximum Gasteiger partial charge on any atom is 0.224 e. The number of nitrogens with one attached hydrogen (secondary N) is 3. The first-order valence-corrected chi connectivity index (χ1v) is 8.95. The molecule has 7 heteroatoms. The Morgan fingerprint density at radius 2 is 2.19 bits per heavy atom. The van der Waals surface area contributed by atoms with Crippen molar-refractivity contribution in [2.75, 3.05) is 13.1 Å². The molecule has 0 spiro atoms. The van der Waals surface area contributed by atoms with Crippen molar-refractivity contribution in [2.24, 2.45) is 5.92 Å². The number of H-pyrrole nitrogens is 1. The Morgan fingerprint density at radius 1 is 1.26 bits per heavy atom. The predicted octanol–water partition coefficient (Wildman–Crippen LogP) is 2.50. The molecule has 2 aromatic heterocycles. The van der Waals surface area contributed by atoms with E-state index in [4.69, 9.17) is 0 Å². The van der Waals surface area contributed by atoms with Crippen molar-refractivity contribution in [3.63, 3.8) is 0 Å². The fraction of sp³-hybridized carbons (Fsp3) is 0.250. The largest absolute Gasteiger partial charge is 0.349 e. The average Bonchev–Trinajstić information content (AvgIpc) is 3.37. The van der Waals surface area contributed by atoms with Crippen molar-refractivity contribution in [3.05, 3.63) is 60.3 Å². The third-order valence-corrected chi connectivity index (χ3v) is 4.63. The van der Waals surface area contributed by atoms with Gasteiger partial charge in [-0.25, -0.2) is 9.37 Å². The second-order valence-electron chi connectivity index (χ2n) is 6.54. The van der Waals surface area contributed by atoms with E-state index in [2.05, 4.69) is 25.6 Å². The minimum atomic E-state index is -0.328. The van der Waals surface area contributed by atoms with Crippen LogP contribution in [0.1, 0.15) is 12.2 Å². The minimum absolute atomic E-state index is 0.00193. The Morgan fingerprint density at radius 3 is 2.93 bits per heavy atom. The van der Waals surface area contributed by atoms with Crippen LogP contribution in [-0.2, 0) is 11.3 Å². The number of pyridine rings is 1. The van der Waals surface area contributed by atoms with Crippen molar-refractivity contribution in [2.45, 2.75) is 13.0 Å². The second-order valence-corrected chi connectivity index (χ2v) is 6.54. The second kappa shape index (κ2) is 7.67. The molecule has 1 fully saturated rings. The number of hydrogen-bond donors (Lipinski definition) is 3. The lowest BCUT2D eigenvalue weighted by atomic mass is 10.1. The van der Waals surface area contributed by atoms with E-state index in [0.29, 0.717) is 35.0 Å². The van der Waals surface area contributed by atoms with E-state index in [1.165, 1.54) is 12.1 Å². The average molecular weight is 365 g/mol. The molecule has 138 valence electrons. The number of hydrogen-bond acceptors (Lipinski definition) is 4. The number of rotatable bonds is 5. The zero-order chi connectivity index (χ0) is 18.6. The summed E-state index contributed by atoms with van der Waals surface area (Å²) in [6.45, 7) is 1.86. The molecule has 1 aromatic carbocycles. The highest BCUT2D eigenvalue weighted by molar-refractivity contribution is 5.79. The van der Waals surface area contributed by atoms with Crippen LogP contribution in [-0.4, -0.2) is 33.9 Å². The third kappa shape index (κ3) is 3.88. The highest BCUT2D eigenvalue weighted by atomic mass is 19.1. The van der Waals surface area contributed by atoms with Crippen molar-refractivity contribution in [1.29, 1.82) is 0 Å². The van der Waals surface area contributed by atoms with Gasteiger partial charge in [0.2, 0.25) is 5.91 Å². The molecule has 6 nitrogen and oxygen atoms in total. The SMILES string of the molecule is O=C(NCc1nc(-c2cccc(F)c2)c(-c2ccccn2)[nH]1)[C@H]1CCNC1. The summed E-state index contributed by atoms with van der Waals surface area (Å²) in [5, 5.41) is 6.11. The Hall–Kier alpha value is -3.06. The molecular weight excluding hydrogens is 345 g/mol. The Labute approximate surface area is 156 Å². The van der Waals surface area contributed by atoms with E-state index >= 15 is 0 Å². The van der Waals surface area contributed by atoms with E-state index in [9.17, 15) is 9.18 Å². The fourth-order valence-corrected chi connectivity index (χ4v) is 3.24. The molecular formula is C20H20FN5O. The number of aromatic amines is 1. The number of nitrogens with zero attached hydrogens (tertiary/aromatic N) is 2. The van der Waals surface area contributed by atoms with Crippen LogP contribution in [0.2, 0.25) is 0 Å². The van der Waals surface area contributed by atoms with Crippen LogP contribution in [0.4, 0.5) is 4.39 Å². The highest BCUT2D eigenvalue weighted by Crippen LogP contribution is 2.29. The van der Waals surface area contributed by atoms with Gasteiger partial charge < -0.3 is 15.6 Å². The van der Waals surface area contributed by atoms with Gasteiger partial charge in [-0.1, -0.05) is 18.2 Å². The summed E-state index contributed by atoms with van der Waals surface area (Å²) >= 11 is 0. The van der Waals surface area contributed by atoms with Crippen LogP contribution < -0.4 is 10.6 Å². The van der Waals surface area contributed by atoms with E-state index in [0.717, 1.165) is 13.0 Å². The third-order valence-electron chi connectivity index (χ3n) is 4.63. The van der Waals surface area contributed by atoms with E-state index in [1.807, 2.05) is 18.2 Å². The Balaban J connectivity index is 1.62. The number of carbonyl (C=O) groups is 1. The lowest BCUT2D eigenvalue weighted by Gasteiger charge is -2.08. The Bertz CT molecular complexity index is 935. The number of carbonyl (C=O) groups excluding carboxylic acids is 1. The van der Waals surface area contributed by atoms with Gasteiger partial charge in [-0.05, 0) is 37.2 Å². The highest BCUT2D eigenvalue weighted by Gasteiger charge is 2.22. The van der Waals surface area contributed by atoms with Crippen LogP contribution in [0.15, 0.2) is 48.7 Å². The zero-order valence-corrected chi connectivity index (χ0v) is 14.7. The first-order valence-electron chi connectivity index (χ1n) is 8.95. The molecule has 1 saturated heterocycles. The van der Waals surface area contributed by atoms with Crippen LogP contribution in [0, 0.1) is 11.7 Å². The van der Waals surface area contributed by atoms with Gasteiger partial charge in [0, 0.05) is 18.3 Å². The molecule has 3 heterocycles. The molecule has 1 atom stereocenters. The predicted molar refractivity (Wildman–Crippen MR) is 100 cm³/mol. The Kier molecular flexibility index (Phi) is 4.93. The molecule has 0 radical (unpaired) electrons. The molecule has 1 aliphatic heterocycles. The van der Waals surface area contributed by atoms with Crippen LogP contribution in [0.5, 0.6) is 0 Å². The number of aromatic nitrogens is 3. The summed E-state index contributed by atoms with van der Waals surface area (Å²) in [5.41, 5.74) is 2.68. The molecule has 1 amide bonds. The summed E-state index contributed by atoms with van der Waals surface area (Å²) in [4.78, 5) is 24.4. The quantitative estimate of drug-likeness (QED) is 0.649. The molecule has 0 aliphatic carbocycles. The van der Waals surface area contributed by atoms with E-state index in [1.54, 1.807) is 18.3 Å². The summed E-state index contributed by atoms with van der Waals surface area (Å²) in [5.74, 6) is 0.293. The van der Waals surface area contributed by atoms with Crippen molar-refractivity contribution < 1.29 is 9.18 Å². The molecule has 4 rings (SSSR count).